The van der Waals surface area contributed by atoms with Crippen LogP contribution in [0.3, 0.4) is 0 Å². The average molecular weight is 530 g/mol. The predicted molar refractivity (Wildman–Crippen MR) is 134 cm³/mol. The summed E-state index contributed by atoms with van der Waals surface area (Å²) < 4.78 is 11.8. The van der Waals surface area contributed by atoms with Gasteiger partial charge in [-0.1, -0.05) is 30.3 Å². The number of likely N-dealkylation sites (tertiary alicyclic amines) is 1. The number of likely N-dealkylation sites (N-methyl/N-ethyl adjacent to an activating group) is 1. The Morgan fingerprint density at radius 3 is 2.63 bits per heavy atom. The fourth-order valence-electron chi connectivity index (χ4n) is 4.01. The van der Waals surface area contributed by atoms with Gasteiger partial charge in [-0.15, -0.1) is 24.0 Å². The van der Waals surface area contributed by atoms with Crippen LogP contribution in [0, 0.1) is 0 Å². The number of benzene rings is 1. The fraction of sp³-hybridized carbons (Fsp3) is 0.696. The first-order valence-electron chi connectivity index (χ1n) is 11.1. The summed E-state index contributed by atoms with van der Waals surface area (Å²) >= 11 is 0. The number of nitrogens with one attached hydrogen (secondary N) is 1. The second-order valence-corrected chi connectivity index (χ2v) is 8.33. The minimum atomic E-state index is 0. The Labute approximate surface area is 199 Å². The van der Waals surface area contributed by atoms with Crippen molar-refractivity contribution in [1.29, 1.82) is 0 Å². The van der Waals surface area contributed by atoms with E-state index in [1.807, 2.05) is 7.05 Å². The fourth-order valence-corrected chi connectivity index (χ4v) is 4.01. The third-order valence-corrected chi connectivity index (χ3v) is 6.08. The van der Waals surface area contributed by atoms with Gasteiger partial charge in [-0.3, -0.25) is 9.89 Å². The third-order valence-electron chi connectivity index (χ3n) is 6.08. The monoisotopic (exact) mass is 530 g/mol. The lowest BCUT2D eigenvalue weighted by atomic mass is 10.1. The largest absolute Gasteiger partial charge is 0.376 e. The lowest BCUT2D eigenvalue weighted by Gasteiger charge is -2.35. The highest BCUT2D eigenvalue weighted by Crippen LogP contribution is 2.18. The van der Waals surface area contributed by atoms with Crippen molar-refractivity contribution < 1.29 is 9.47 Å². The van der Waals surface area contributed by atoms with Gasteiger partial charge in [0.15, 0.2) is 5.96 Å². The molecule has 0 spiro atoms. The van der Waals surface area contributed by atoms with Gasteiger partial charge < -0.3 is 19.7 Å². The van der Waals surface area contributed by atoms with Crippen LogP contribution < -0.4 is 5.32 Å². The van der Waals surface area contributed by atoms with Crippen molar-refractivity contribution in [3.05, 3.63) is 35.9 Å². The van der Waals surface area contributed by atoms with Gasteiger partial charge in [0.2, 0.25) is 0 Å². The van der Waals surface area contributed by atoms with Crippen molar-refractivity contribution in [3.8, 4) is 0 Å². The van der Waals surface area contributed by atoms with Crippen LogP contribution in [0.15, 0.2) is 35.3 Å². The summed E-state index contributed by atoms with van der Waals surface area (Å²) in [4.78, 5) is 9.25. The summed E-state index contributed by atoms with van der Waals surface area (Å²) in [5.41, 5.74) is 1.34. The molecule has 0 radical (unpaired) electrons. The van der Waals surface area contributed by atoms with Crippen molar-refractivity contribution in [2.24, 2.45) is 4.99 Å². The maximum Gasteiger partial charge on any atom is 0.193 e. The summed E-state index contributed by atoms with van der Waals surface area (Å²) in [5.74, 6) is 1.00. The van der Waals surface area contributed by atoms with Gasteiger partial charge in [0.05, 0.1) is 18.8 Å². The highest BCUT2D eigenvalue weighted by atomic mass is 127. The first kappa shape index (κ1) is 25.4. The molecule has 2 aliphatic heterocycles. The van der Waals surface area contributed by atoms with E-state index in [1.165, 1.54) is 12.0 Å². The molecule has 2 aliphatic rings. The van der Waals surface area contributed by atoms with E-state index in [4.69, 9.17) is 9.47 Å². The SMILES string of the molecule is CN=C(NCC(C)N(C)Cc1ccccc1)N1CCC(OCC2CCCO2)CC1.I. The number of hydrogen-bond acceptors (Lipinski definition) is 4. The van der Waals surface area contributed by atoms with Crippen LogP contribution in [0.5, 0.6) is 0 Å². The van der Waals surface area contributed by atoms with Gasteiger partial charge in [-0.2, -0.15) is 0 Å². The second kappa shape index (κ2) is 13.5. The van der Waals surface area contributed by atoms with E-state index in [0.29, 0.717) is 18.2 Å². The standard InChI is InChI=1S/C23H38N4O2.HI/c1-19(26(3)17-20-8-5-4-6-9-20)16-25-23(24-2)27-13-11-21(12-14-27)29-18-22-10-7-15-28-22;/h4-6,8-9,19,21-22H,7,10-18H2,1-3H3,(H,24,25);1H. The van der Waals surface area contributed by atoms with E-state index < -0.39 is 0 Å². The van der Waals surface area contributed by atoms with Gasteiger partial charge in [0.1, 0.15) is 0 Å². The highest BCUT2D eigenvalue weighted by molar-refractivity contribution is 14.0. The van der Waals surface area contributed by atoms with Gasteiger partial charge in [0, 0.05) is 45.9 Å². The first-order valence-corrected chi connectivity index (χ1v) is 11.1. The van der Waals surface area contributed by atoms with Crippen LogP contribution in [-0.4, -0.2) is 81.0 Å². The molecule has 3 rings (SSSR count). The number of ether oxygens (including phenoxy) is 2. The lowest BCUT2D eigenvalue weighted by molar-refractivity contribution is -0.0367. The van der Waals surface area contributed by atoms with E-state index in [1.54, 1.807) is 0 Å². The lowest BCUT2D eigenvalue weighted by Crippen LogP contribution is -2.50. The van der Waals surface area contributed by atoms with Crippen LogP contribution >= 0.6 is 24.0 Å². The molecule has 6 nitrogen and oxygen atoms in total. The van der Waals surface area contributed by atoms with Gasteiger partial charge in [-0.05, 0) is 45.2 Å². The van der Waals surface area contributed by atoms with Crippen LogP contribution in [0.4, 0.5) is 0 Å². The average Bonchev–Trinajstić information content (AvgIpc) is 3.28. The molecule has 7 heteroatoms. The molecule has 1 aromatic rings. The Morgan fingerprint density at radius 1 is 1.27 bits per heavy atom. The van der Waals surface area contributed by atoms with E-state index in [9.17, 15) is 0 Å². The molecular formula is C23H39IN4O2. The molecule has 2 heterocycles. The Bertz CT molecular complexity index is 617. The first-order chi connectivity index (χ1) is 14.2. The quantitative estimate of drug-likeness (QED) is 0.318. The summed E-state index contributed by atoms with van der Waals surface area (Å²) in [6.45, 7) is 7.72. The van der Waals surface area contributed by atoms with Crippen molar-refractivity contribution in [3.63, 3.8) is 0 Å². The van der Waals surface area contributed by atoms with Crippen molar-refractivity contribution in [2.45, 2.75) is 57.4 Å². The van der Waals surface area contributed by atoms with E-state index in [2.05, 4.69) is 64.4 Å². The molecule has 0 aliphatic carbocycles. The molecule has 2 unspecified atom stereocenters. The van der Waals surface area contributed by atoms with Gasteiger partial charge >= 0.3 is 0 Å². The maximum atomic E-state index is 6.10. The molecule has 2 fully saturated rings. The second-order valence-electron chi connectivity index (χ2n) is 8.33. The molecule has 1 aromatic carbocycles. The minimum absolute atomic E-state index is 0. The molecular weight excluding hydrogens is 491 g/mol. The zero-order chi connectivity index (χ0) is 20.5. The van der Waals surface area contributed by atoms with E-state index >= 15 is 0 Å². The van der Waals surface area contributed by atoms with Crippen molar-refractivity contribution in [1.82, 2.24) is 15.1 Å². The summed E-state index contributed by atoms with van der Waals surface area (Å²) in [5, 5.41) is 3.57. The molecule has 170 valence electrons. The van der Waals surface area contributed by atoms with Gasteiger partial charge in [0.25, 0.3) is 0 Å². The maximum absolute atomic E-state index is 6.10. The van der Waals surface area contributed by atoms with Crippen molar-refractivity contribution in [2.75, 3.05) is 46.9 Å². The summed E-state index contributed by atoms with van der Waals surface area (Å²) in [7, 11) is 4.06. The Morgan fingerprint density at radius 2 is 2.00 bits per heavy atom. The zero-order valence-electron chi connectivity index (χ0n) is 18.8. The Balaban J connectivity index is 0.00000320. The molecule has 0 amide bonds. The Kier molecular flexibility index (Phi) is 11.4. The molecule has 0 aromatic heterocycles. The number of rotatable bonds is 8. The molecule has 1 N–H and O–H groups in total. The summed E-state index contributed by atoms with van der Waals surface area (Å²) in [6.07, 6.45) is 5.09. The molecule has 30 heavy (non-hydrogen) atoms. The van der Waals surface area contributed by atoms with E-state index in [0.717, 1.165) is 64.6 Å². The molecule has 0 saturated carbocycles. The molecule has 0 bridgehead atoms. The number of piperidine rings is 1. The highest BCUT2D eigenvalue weighted by Gasteiger charge is 2.24. The summed E-state index contributed by atoms with van der Waals surface area (Å²) in [6, 6.07) is 11.0. The minimum Gasteiger partial charge on any atom is -0.376 e. The smallest absolute Gasteiger partial charge is 0.193 e. The van der Waals surface area contributed by atoms with Crippen LogP contribution in [0.25, 0.3) is 0 Å². The van der Waals surface area contributed by atoms with Gasteiger partial charge in [-0.25, -0.2) is 0 Å². The topological polar surface area (TPSA) is 49.3 Å². The Hall–Kier alpha value is -0.900. The van der Waals surface area contributed by atoms with Crippen LogP contribution in [0.1, 0.15) is 38.2 Å². The molecule has 2 atom stereocenters. The number of aliphatic imine (C=N–C) groups is 1. The number of guanidine groups is 1. The van der Waals surface area contributed by atoms with Crippen LogP contribution in [-0.2, 0) is 16.0 Å². The zero-order valence-corrected chi connectivity index (χ0v) is 21.1. The number of hydrogen-bond donors (Lipinski definition) is 1. The number of nitrogens with zero attached hydrogens (tertiary/aromatic N) is 3. The van der Waals surface area contributed by atoms with Crippen LogP contribution in [0.2, 0.25) is 0 Å². The third kappa shape index (κ3) is 7.98. The normalized spacial score (nSPS) is 21.5. The predicted octanol–water partition coefficient (Wildman–Crippen LogP) is 3.36. The van der Waals surface area contributed by atoms with E-state index in [-0.39, 0.29) is 24.0 Å². The number of halogens is 1. The molecule has 2 saturated heterocycles. The van der Waals surface area contributed by atoms with Crippen molar-refractivity contribution >= 4 is 29.9 Å².